The van der Waals surface area contributed by atoms with Gasteiger partial charge in [-0.05, 0) is 24.7 Å². The Morgan fingerprint density at radius 2 is 2.12 bits per heavy atom. The lowest BCUT2D eigenvalue weighted by Gasteiger charge is -2.15. The van der Waals surface area contributed by atoms with Crippen molar-refractivity contribution in [3.63, 3.8) is 0 Å². The Morgan fingerprint density at radius 1 is 1.31 bits per heavy atom. The highest BCUT2D eigenvalue weighted by atomic mass is 15.1. The molecule has 0 unspecified atom stereocenters. The molecule has 0 aliphatic rings. The van der Waals surface area contributed by atoms with Crippen molar-refractivity contribution in [1.82, 2.24) is 9.88 Å². The minimum absolute atomic E-state index is 0.692. The van der Waals surface area contributed by atoms with E-state index in [9.17, 15) is 0 Å². The van der Waals surface area contributed by atoms with Crippen LogP contribution in [0, 0.1) is 0 Å². The van der Waals surface area contributed by atoms with Crippen LogP contribution in [0.4, 0.5) is 0 Å². The number of hydrogen-bond donors (Lipinski definition) is 1. The summed E-state index contributed by atoms with van der Waals surface area (Å²) in [5, 5.41) is 1.20. The predicted octanol–water partition coefficient (Wildman–Crippen LogP) is 1.63. The maximum atomic E-state index is 5.52. The van der Waals surface area contributed by atoms with Gasteiger partial charge in [0.25, 0.3) is 0 Å². The second-order valence-electron chi connectivity index (χ2n) is 4.06. The van der Waals surface area contributed by atoms with Crippen LogP contribution in [0.1, 0.15) is 5.56 Å². The normalized spacial score (nSPS) is 11.2. The molecule has 2 N–H and O–H groups in total. The minimum atomic E-state index is 0.692. The van der Waals surface area contributed by atoms with Crippen molar-refractivity contribution in [1.29, 1.82) is 0 Å². The summed E-state index contributed by atoms with van der Waals surface area (Å²) < 4.78 is 0. The summed E-state index contributed by atoms with van der Waals surface area (Å²) in [4.78, 5) is 6.64. The molecule has 0 saturated heterocycles. The Kier molecular flexibility index (Phi) is 3.49. The Labute approximate surface area is 95.9 Å². The second-order valence-corrected chi connectivity index (χ2v) is 4.06. The number of likely N-dealkylation sites (N-methyl/N-ethyl adjacent to an activating group) is 1. The molecule has 2 rings (SSSR count). The third-order valence-electron chi connectivity index (χ3n) is 2.61. The van der Waals surface area contributed by atoms with Crippen molar-refractivity contribution >= 4 is 10.9 Å². The molecule has 0 radical (unpaired) electrons. The number of nitrogens with zero attached hydrogens (tertiary/aromatic N) is 2. The molecule has 16 heavy (non-hydrogen) atoms. The van der Waals surface area contributed by atoms with E-state index in [2.05, 4.69) is 29.1 Å². The van der Waals surface area contributed by atoms with Crippen LogP contribution in [0.15, 0.2) is 36.5 Å². The van der Waals surface area contributed by atoms with Gasteiger partial charge in [-0.3, -0.25) is 4.98 Å². The lowest BCUT2D eigenvalue weighted by Crippen LogP contribution is -2.24. The van der Waals surface area contributed by atoms with Gasteiger partial charge in [0.2, 0.25) is 0 Å². The molecule has 1 aromatic heterocycles. The van der Waals surface area contributed by atoms with Crippen LogP contribution in [-0.2, 0) is 6.54 Å². The first kappa shape index (κ1) is 11.0. The molecular weight excluding hydrogens is 198 g/mol. The summed E-state index contributed by atoms with van der Waals surface area (Å²) in [7, 11) is 2.07. The maximum Gasteiger partial charge on any atom is 0.0702 e. The smallest absolute Gasteiger partial charge is 0.0702 e. The van der Waals surface area contributed by atoms with Gasteiger partial charge in [0.05, 0.1) is 5.52 Å². The lowest BCUT2D eigenvalue weighted by atomic mass is 10.1. The highest BCUT2D eigenvalue weighted by Crippen LogP contribution is 2.13. The largest absolute Gasteiger partial charge is 0.329 e. The molecule has 0 fully saturated rings. The highest BCUT2D eigenvalue weighted by Gasteiger charge is 2.01. The van der Waals surface area contributed by atoms with Gasteiger partial charge in [0.1, 0.15) is 0 Å². The molecule has 0 atom stereocenters. The van der Waals surface area contributed by atoms with Gasteiger partial charge in [-0.2, -0.15) is 0 Å². The van der Waals surface area contributed by atoms with Gasteiger partial charge in [0, 0.05) is 31.2 Å². The van der Waals surface area contributed by atoms with Crippen molar-refractivity contribution in [3.05, 3.63) is 42.1 Å². The standard InChI is InChI=1S/C13H17N3/c1-16(7-6-14)10-11-8-12-4-2-3-5-13(12)15-9-11/h2-5,8-9H,6-7,10,14H2,1H3. The summed E-state index contributed by atoms with van der Waals surface area (Å²) in [6, 6.07) is 10.4. The first-order chi connectivity index (χ1) is 7.79. The highest BCUT2D eigenvalue weighted by molar-refractivity contribution is 5.78. The zero-order valence-corrected chi connectivity index (χ0v) is 9.56. The molecule has 0 bridgehead atoms. The second kappa shape index (κ2) is 5.05. The zero-order valence-electron chi connectivity index (χ0n) is 9.56. The van der Waals surface area contributed by atoms with Crippen LogP contribution in [0.3, 0.4) is 0 Å². The summed E-state index contributed by atoms with van der Waals surface area (Å²) in [6.07, 6.45) is 1.94. The van der Waals surface area contributed by atoms with Crippen LogP contribution in [0.25, 0.3) is 10.9 Å². The fraction of sp³-hybridized carbons (Fsp3) is 0.308. The molecular formula is C13H17N3. The summed E-state index contributed by atoms with van der Waals surface area (Å²) >= 11 is 0. The zero-order chi connectivity index (χ0) is 11.4. The quantitative estimate of drug-likeness (QED) is 0.842. The topological polar surface area (TPSA) is 42.1 Å². The first-order valence-corrected chi connectivity index (χ1v) is 5.52. The van der Waals surface area contributed by atoms with E-state index in [1.807, 2.05) is 24.4 Å². The molecule has 1 heterocycles. The monoisotopic (exact) mass is 215 g/mol. The maximum absolute atomic E-state index is 5.52. The molecule has 0 spiro atoms. The van der Waals surface area contributed by atoms with Crippen molar-refractivity contribution in [2.75, 3.05) is 20.1 Å². The van der Waals surface area contributed by atoms with E-state index in [-0.39, 0.29) is 0 Å². The Bertz CT molecular complexity index is 467. The van der Waals surface area contributed by atoms with Gasteiger partial charge in [-0.15, -0.1) is 0 Å². The summed E-state index contributed by atoms with van der Waals surface area (Å²) in [6.45, 7) is 2.50. The number of aromatic nitrogens is 1. The van der Waals surface area contributed by atoms with Crippen LogP contribution in [0.5, 0.6) is 0 Å². The van der Waals surface area contributed by atoms with E-state index in [0.29, 0.717) is 6.54 Å². The molecule has 0 aliphatic heterocycles. The van der Waals surface area contributed by atoms with Gasteiger partial charge < -0.3 is 10.6 Å². The molecule has 1 aromatic carbocycles. The fourth-order valence-corrected chi connectivity index (χ4v) is 1.81. The molecule has 3 heteroatoms. The number of benzene rings is 1. The van der Waals surface area contributed by atoms with E-state index in [1.54, 1.807) is 0 Å². The first-order valence-electron chi connectivity index (χ1n) is 5.52. The molecule has 3 nitrogen and oxygen atoms in total. The Hall–Kier alpha value is -1.45. The third kappa shape index (κ3) is 2.56. The van der Waals surface area contributed by atoms with Crippen LogP contribution in [-0.4, -0.2) is 30.0 Å². The summed E-state index contributed by atoms with van der Waals surface area (Å²) in [5.41, 5.74) is 7.80. The van der Waals surface area contributed by atoms with Crippen LogP contribution < -0.4 is 5.73 Å². The minimum Gasteiger partial charge on any atom is -0.329 e. The number of hydrogen-bond acceptors (Lipinski definition) is 3. The van der Waals surface area contributed by atoms with E-state index in [0.717, 1.165) is 18.6 Å². The van der Waals surface area contributed by atoms with Crippen LogP contribution in [0.2, 0.25) is 0 Å². The SMILES string of the molecule is CN(CCN)Cc1cnc2ccccc2c1. The fourth-order valence-electron chi connectivity index (χ4n) is 1.81. The molecule has 2 aromatic rings. The average Bonchev–Trinajstić information content (AvgIpc) is 2.29. The molecule has 0 saturated carbocycles. The molecule has 0 aliphatic carbocycles. The predicted molar refractivity (Wildman–Crippen MR) is 67.1 cm³/mol. The van der Waals surface area contributed by atoms with Gasteiger partial charge in [-0.1, -0.05) is 18.2 Å². The molecule has 0 amide bonds. The number of pyridine rings is 1. The van der Waals surface area contributed by atoms with E-state index in [4.69, 9.17) is 5.73 Å². The van der Waals surface area contributed by atoms with Crippen molar-refractivity contribution in [2.45, 2.75) is 6.54 Å². The third-order valence-corrected chi connectivity index (χ3v) is 2.61. The van der Waals surface area contributed by atoms with E-state index < -0.39 is 0 Å². The number of rotatable bonds is 4. The van der Waals surface area contributed by atoms with E-state index in [1.165, 1.54) is 10.9 Å². The summed E-state index contributed by atoms with van der Waals surface area (Å²) in [5.74, 6) is 0. The number of para-hydroxylation sites is 1. The van der Waals surface area contributed by atoms with E-state index >= 15 is 0 Å². The number of fused-ring (bicyclic) bond motifs is 1. The molecule has 84 valence electrons. The average molecular weight is 215 g/mol. The van der Waals surface area contributed by atoms with Crippen LogP contribution >= 0.6 is 0 Å². The van der Waals surface area contributed by atoms with Gasteiger partial charge in [-0.25, -0.2) is 0 Å². The van der Waals surface area contributed by atoms with Gasteiger partial charge >= 0.3 is 0 Å². The van der Waals surface area contributed by atoms with Crippen molar-refractivity contribution < 1.29 is 0 Å². The van der Waals surface area contributed by atoms with Gasteiger partial charge in [0.15, 0.2) is 0 Å². The van der Waals surface area contributed by atoms with Crippen molar-refractivity contribution in [2.24, 2.45) is 5.73 Å². The number of nitrogens with two attached hydrogens (primary N) is 1. The van der Waals surface area contributed by atoms with Crippen molar-refractivity contribution in [3.8, 4) is 0 Å². The Morgan fingerprint density at radius 3 is 2.94 bits per heavy atom. The Balaban J connectivity index is 2.19. The lowest BCUT2D eigenvalue weighted by molar-refractivity contribution is 0.336.